The van der Waals surface area contributed by atoms with Crippen LogP contribution in [0.15, 0.2) is 6.20 Å². The van der Waals surface area contributed by atoms with Crippen LogP contribution in [0.1, 0.15) is 11.1 Å². The van der Waals surface area contributed by atoms with E-state index < -0.39 is 12.2 Å². The molecule has 1 rings (SSSR count). The Labute approximate surface area is 109 Å². The Morgan fingerprint density at radius 2 is 2.18 bits per heavy atom. The molecule has 0 saturated heterocycles. The van der Waals surface area contributed by atoms with Crippen LogP contribution >= 0.6 is 22.6 Å². The van der Waals surface area contributed by atoms with Gasteiger partial charge < -0.3 is 10.5 Å². The molecule has 0 bridgehead atoms. The quantitative estimate of drug-likeness (QED) is 0.842. The predicted molar refractivity (Wildman–Crippen MR) is 60.8 cm³/mol. The van der Waals surface area contributed by atoms with Crippen molar-refractivity contribution in [3.63, 3.8) is 0 Å². The number of hydrogen-bond acceptors (Lipinski definition) is 4. The Hall–Kier alpha value is -1.08. The maximum atomic E-state index is 12.1. The molecule has 0 fully saturated rings. The molecule has 0 aliphatic carbocycles. The van der Waals surface area contributed by atoms with Crippen molar-refractivity contribution in [1.29, 1.82) is 5.26 Å². The van der Waals surface area contributed by atoms with E-state index in [1.165, 1.54) is 6.20 Å². The van der Waals surface area contributed by atoms with Gasteiger partial charge in [-0.3, -0.25) is 0 Å². The van der Waals surface area contributed by atoms with E-state index in [-0.39, 0.29) is 16.5 Å². The highest BCUT2D eigenvalue weighted by atomic mass is 127. The number of aromatic nitrogens is 1. The zero-order valence-electron chi connectivity index (χ0n) is 8.38. The summed E-state index contributed by atoms with van der Waals surface area (Å²) in [6.45, 7) is 0.0199. The van der Waals surface area contributed by atoms with Crippen molar-refractivity contribution in [2.24, 2.45) is 5.73 Å². The van der Waals surface area contributed by atoms with Crippen LogP contribution < -0.4 is 10.5 Å². The minimum absolute atomic E-state index is 0.0199. The smallest absolute Gasteiger partial charge is 0.387 e. The first kappa shape index (κ1) is 14.0. The summed E-state index contributed by atoms with van der Waals surface area (Å²) < 4.78 is 40.1. The summed E-state index contributed by atoms with van der Waals surface area (Å²) in [6.07, 6.45) is -3.58. The van der Waals surface area contributed by atoms with E-state index in [9.17, 15) is 13.2 Å². The molecule has 0 saturated carbocycles. The summed E-state index contributed by atoms with van der Waals surface area (Å²) in [6, 6.07) is 1.89. The van der Waals surface area contributed by atoms with Gasteiger partial charge in [0.1, 0.15) is 0 Å². The van der Waals surface area contributed by atoms with Crippen molar-refractivity contribution in [2.45, 2.75) is 19.3 Å². The summed E-state index contributed by atoms with van der Waals surface area (Å²) in [5.74, 6) is -0.541. The molecule has 0 radical (unpaired) electrons. The summed E-state index contributed by atoms with van der Waals surface area (Å²) in [7, 11) is 0. The van der Waals surface area contributed by atoms with Gasteiger partial charge in [0.2, 0.25) is 5.88 Å². The third-order valence-electron chi connectivity index (χ3n) is 1.86. The van der Waals surface area contributed by atoms with Crippen LogP contribution in [-0.2, 0) is 13.0 Å². The third kappa shape index (κ3) is 3.71. The molecular weight excluding hydrogens is 350 g/mol. The van der Waals surface area contributed by atoms with Crippen LogP contribution in [0.25, 0.3) is 0 Å². The first-order valence-electron chi connectivity index (χ1n) is 4.38. The second-order valence-electron chi connectivity index (χ2n) is 2.97. The van der Waals surface area contributed by atoms with Gasteiger partial charge in [-0.05, 0) is 33.7 Å². The van der Waals surface area contributed by atoms with Crippen LogP contribution in [0, 0.1) is 14.9 Å². The van der Waals surface area contributed by atoms with E-state index in [0.29, 0.717) is 11.1 Å². The van der Waals surface area contributed by atoms with Crippen molar-refractivity contribution in [3.05, 3.63) is 20.9 Å². The van der Waals surface area contributed by atoms with Gasteiger partial charge in [0.15, 0.2) is 0 Å². The summed E-state index contributed by atoms with van der Waals surface area (Å²) in [5.41, 5.74) is 6.39. The van der Waals surface area contributed by atoms with Crippen molar-refractivity contribution in [3.8, 4) is 11.9 Å². The number of alkyl halides is 3. The Kier molecular flexibility index (Phi) is 4.53. The van der Waals surface area contributed by atoms with Crippen LogP contribution in [-0.4, -0.2) is 11.3 Å². The lowest BCUT2D eigenvalue weighted by atomic mass is 10.1. The number of nitriles is 1. The number of hydrogen-bond donors (Lipinski definition) is 1. The van der Waals surface area contributed by atoms with Gasteiger partial charge in [-0.2, -0.15) is 5.26 Å². The van der Waals surface area contributed by atoms with E-state index in [4.69, 9.17) is 11.0 Å². The number of halogens is 4. The average molecular weight is 357 g/mol. The molecular formula is C9H7F3IN3O. The second kappa shape index (κ2) is 5.50. The average Bonchev–Trinajstić information content (AvgIpc) is 2.21. The van der Waals surface area contributed by atoms with Gasteiger partial charge in [-0.15, -0.1) is 13.2 Å². The first-order chi connectivity index (χ1) is 7.89. The molecule has 8 heteroatoms. The molecule has 4 nitrogen and oxygen atoms in total. The topological polar surface area (TPSA) is 71.9 Å². The highest BCUT2D eigenvalue weighted by Crippen LogP contribution is 2.29. The lowest BCUT2D eigenvalue weighted by molar-refractivity contribution is -0.276. The molecule has 2 N–H and O–H groups in total. The minimum atomic E-state index is -4.80. The molecule has 1 heterocycles. The molecule has 0 amide bonds. The zero-order chi connectivity index (χ0) is 13.1. The van der Waals surface area contributed by atoms with Crippen molar-refractivity contribution >= 4 is 22.6 Å². The first-order valence-corrected chi connectivity index (χ1v) is 5.46. The molecule has 0 unspecified atom stereocenters. The monoisotopic (exact) mass is 357 g/mol. The van der Waals surface area contributed by atoms with E-state index in [2.05, 4.69) is 9.72 Å². The van der Waals surface area contributed by atoms with Crippen molar-refractivity contribution < 1.29 is 17.9 Å². The van der Waals surface area contributed by atoms with Crippen LogP contribution in [0.5, 0.6) is 5.88 Å². The van der Waals surface area contributed by atoms with Gasteiger partial charge in [0, 0.05) is 12.7 Å². The van der Waals surface area contributed by atoms with Crippen LogP contribution in [0.3, 0.4) is 0 Å². The molecule has 1 aromatic rings. The molecule has 0 atom stereocenters. The molecule has 92 valence electrons. The lowest BCUT2D eigenvalue weighted by Gasteiger charge is -2.13. The van der Waals surface area contributed by atoms with Crippen LogP contribution in [0.4, 0.5) is 13.2 Å². The second-order valence-corrected chi connectivity index (χ2v) is 4.05. The minimum Gasteiger partial charge on any atom is -0.387 e. The number of nitrogens with zero attached hydrogens (tertiary/aromatic N) is 2. The number of ether oxygens (including phenoxy) is 1. The van der Waals surface area contributed by atoms with E-state index in [1.807, 2.05) is 6.07 Å². The summed E-state index contributed by atoms with van der Waals surface area (Å²) in [4.78, 5) is 3.53. The van der Waals surface area contributed by atoms with Gasteiger partial charge in [0.25, 0.3) is 0 Å². The number of nitrogens with two attached hydrogens (primary N) is 1. The molecule has 1 aromatic heterocycles. The Morgan fingerprint density at radius 1 is 1.53 bits per heavy atom. The van der Waals surface area contributed by atoms with Crippen LogP contribution in [0.2, 0.25) is 0 Å². The Balaban J connectivity index is 3.16. The number of pyridine rings is 1. The standard InChI is InChI=1S/C9H7F3IN3O/c10-9(11,12)17-8-7(13)6(3-15)5(1-2-14)4-16-8/h4H,1,3,15H2. The van der Waals surface area contributed by atoms with E-state index >= 15 is 0 Å². The highest BCUT2D eigenvalue weighted by molar-refractivity contribution is 14.1. The van der Waals surface area contributed by atoms with Gasteiger partial charge in [-0.1, -0.05) is 0 Å². The maximum absolute atomic E-state index is 12.1. The van der Waals surface area contributed by atoms with Crippen molar-refractivity contribution in [2.75, 3.05) is 0 Å². The van der Waals surface area contributed by atoms with Gasteiger partial charge >= 0.3 is 6.36 Å². The fourth-order valence-electron chi connectivity index (χ4n) is 1.18. The molecule has 0 aliphatic rings. The Morgan fingerprint density at radius 3 is 2.65 bits per heavy atom. The molecule has 0 aromatic carbocycles. The van der Waals surface area contributed by atoms with Gasteiger partial charge in [-0.25, -0.2) is 4.98 Å². The maximum Gasteiger partial charge on any atom is 0.574 e. The molecule has 17 heavy (non-hydrogen) atoms. The fraction of sp³-hybridized carbons (Fsp3) is 0.333. The van der Waals surface area contributed by atoms with E-state index in [0.717, 1.165) is 0 Å². The zero-order valence-corrected chi connectivity index (χ0v) is 10.5. The molecule has 0 spiro atoms. The van der Waals surface area contributed by atoms with E-state index in [1.54, 1.807) is 22.6 Å². The van der Waals surface area contributed by atoms with Crippen molar-refractivity contribution in [1.82, 2.24) is 4.98 Å². The summed E-state index contributed by atoms with van der Waals surface area (Å²) >= 11 is 1.67. The highest BCUT2D eigenvalue weighted by Gasteiger charge is 2.33. The lowest BCUT2D eigenvalue weighted by Crippen LogP contribution is -2.20. The van der Waals surface area contributed by atoms with Gasteiger partial charge in [0.05, 0.1) is 16.1 Å². The predicted octanol–water partition coefficient (Wildman–Crippen LogP) is 2.11. The normalized spacial score (nSPS) is 11.1. The number of rotatable bonds is 3. The largest absolute Gasteiger partial charge is 0.574 e. The SMILES string of the molecule is N#CCc1cnc(OC(F)(F)F)c(I)c1CN. The summed E-state index contributed by atoms with van der Waals surface area (Å²) in [5, 5.41) is 8.55. The third-order valence-corrected chi connectivity index (χ3v) is 2.98. The molecule has 0 aliphatic heterocycles. The fourth-order valence-corrected chi connectivity index (χ4v) is 2.00. The Bertz CT molecular complexity index is 456.